The van der Waals surface area contributed by atoms with Gasteiger partial charge in [0.25, 0.3) is 15.7 Å². The van der Waals surface area contributed by atoms with Crippen molar-refractivity contribution >= 4 is 32.7 Å². The van der Waals surface area contributed by atoms with E-state index in [2.05, 4.69) is 10.1 Å². The largest absolute Gasteiger partial charge is 0.370 e. The number of nitrogens with two attached hydrogens (primary N) is 1. The maximum Gasteiger partial charge on any atom is 0.265 e. The van der Waals surface area contributed by atoms with Crippen molar-refractivity contribution in [2.24, 2.45) is 5.73 Å². The highest BCUT2D eigenvalue weighted by Crippen LogP contribution is 2.26. The van der Waals surface area contributed by atoms with Crippen molar-refractivity contribution in [2.75, 3.05) is 10.8 Å². The molecule has 0 aliphatic heterocycles. The van der Waals surface area contributed by atoms with Crippen molar-refractivity contribution in [1.29, 1.82) is 0 Å². The standard InChI is InChI=1S/C16H16N4O4S/c1-11-14-9-13(10-18-16(14)24-19-11)25(22,23)20(8-7-15(17)21)12-5-3-2-4-6-12/h2-6,9-10H,7-8H2,1H3,(H2,17,21). The third kappa shape index (κ3) is 3.31. The number of primary amides is 1. The van der Waals surface area contributed by atoms with Crippen LogP contribution < -0.4 is 10.0 Å². The average molecular weight is 360 g/mol. The number of aryl methyl sites for hydroxylation is 1. The van der Waals surface area contributed by atoms with Gasteiger partial charge in [-0.25, -0.2) is 13.4 Å². The van der Waals surface area contributed by atoms with Crippen molar-refractivity contribution in [1.82, 2.24) is 10.1 Å². The molecule has 0 atom stereocenters. The van der Waals surface area contributed by atoms with Gasteiger partial charge in [-0.15, -0.1) is 0 Å². The van der Waals surface area contributed by atoms with Crippen LogP contribution in [-0.4, -0.2) is 31.0 Å². The molecule has 0 aliphatic carbocycles. The highest BCUT2D eigenvalue weighted by molar-refractivity contribution is 7.92. The molecule has 2 heterocycles. The Hall–Kier alpha value is -2.94. The molecule has 0 aliphatic rings. The molecule has 8 nitrogen and oxygen atoms in total. The Kier molecular flexibility index (Phi) is 4.41. The van der Waals surface area contributed by atoms with Crippen LogP contribution in [0.4, 0.5) is 5.69 Å². The lowest BCUT2D eigenvalue weighted by Crippen LogP contribution is -2.34. The summed E-state index contributed by atoms with van der Waals surface area (Å²) >= 11 is 0. The number of sulfonamides is 1. The van der Waals surface area contributed by atoms with Gasteiger partial charge in [-0.3, -0.25) is 9.10 Å². The summed E-state index contributed by atoms with van der Waals surface area (Å²) in [7, 11) is -3.94. The molecule has 0 unspecified atom stereocenters. The third-order valence-corrected chi connectivity index (χ3v) is 5.47. The number of carbonyl (C=O) groups excluding carboxylic acids is 1. The molecule has 0 saturated carbocycles. The molecule has 1 aromatic carbocycles. The summed E-state index contributed by atoms with van der Waals surface area (Å²) in [6.45, 7) is 1.63. The van der Waals surface area contributed by atoms with Crippen LogP contribution in [-0.2, 0) is 14.8 Å². The lowest BCUT2D eigenvalue weighted by molar-refractivity contribution is -0.117. The molecule has 0 radical (unpaired) electrons. The van der Waals surface area contributed by atoms with Crippen LogP contribution in [0, 0.1) is 6.92 Å². The van der Waals surface area contributed by atoms with E-state index >= 15 is 0 Å². The first-order valence-corrected chi connectivity index (χ1v) is 8.92. The van der Waals surface area contributed by atoms with E-state index in [1.807, 2.05) is 0 Å². The number of anilines is 1. The van der Waals surface area contributed by atoms with Gasteiger partial charge in [0.1, 0.15) is 4.90 Å². The van der Waals surface area contributed by atoms with Crippen molar-refractivity contribution in [3.8, 4) is 0 Å². The number of aromatic nitrogens is 2. The predicted octanol–water partition coefficient (Wildman–Crippen LogP) is 1.60. The summed E-state index contributed by atoms with van der Waals surface area (Å²) in [4.78, 5) is 15.1. The summed E-state index contributed by atoms with van der Waals surface area (Å²) in [6, 6.07) is 9.96. The SMILES string of the molecule is Cc1noc2ncc(S(=O)(=O)N(CCC(N)=O)c3ccccc3)cc12. The normalized spacial score (nSPS) is 11.6. The first-order valence-electron chi connectivity index (χ1n) is 7.48. The quantitative estimate of drug-likeness (QED) is 0.713. The first-order chi connectivity index (χ1) is 11.9. The summed E-state index contributed by atoms with van der Waals surface area (Å²) < 4.78 is 32.4. The summed E-state index contributed by atoms with van der Waals surface area (Å²) in [5, 5.41) is 4.29. The van der Waals surface area contributed by atoms with E-state index in [-0.39, 0.29) is 23.6 Å². The predicted molar refractivity (Wildman–Crippen MR) is 91.3 cm³/mol. The van der Waals surface area contributed by atoms with Crippen molar-refractivity contribution < 1.29 is 17.7 Å². The van der Waals surface area contributed by atoms with E-state index in [0.29, 0.717) is 16.8 Å². The van der Waals surface area contributed by atoms with Gasteiger partial charge in [-0.2, -0.15) is 0 Å². The molecule has 1 amide bonds. The minimum absolute atomic E-state index is 0.0142. The number of hydrogen-bond acceptors (Lipinski definition) is 6. The number of para-hydroxylation sites is 1. The Morgan fingerprint density at radius 3 is 2.68 bits per heavy atom. The van der Waals surface area contributed by atoms with Gasteiger partial charge in [0.15, 0.2) is 0 Å². The molecule has 130 valence electrons. The fourth-order valence-electron chi connectivity index (χ4n) is 2.39. The topological polar surface area (TPSA) is 119 Å². The Labute approximate surface area is 144 Å². The van der Waals surface area contributed by atoms with Crippen LogP contribution in [0.3, 0.4) is 0 Å². The van der Waals surface area contributed by atoms with E-state index < -0.39 is 15.9 Å². The van der Waals surface area contributed by atoms with E-state index in [0.717, 1.165) is 4.31 Å². The fourth-order valence-corrected chi connectivity index (χ4v) is 3.83. The van der Waals surface area contributed by atoms with Crippen molar-refractivity contribution in [3.63, 3.8) is 0 Å². The monoisotopic (exact) mass is 360 g/mol. The van der Waals surface area contributed by atoms with Gasteiger partial charge < -0.3 is 10.3 Å². The molecule has 0 saturated heterocycles. The van der Waals surface area contributed by atoms with Crippen LogP contribution in [0.15, 0.2) is 52.0 Å². The smallest absolute Gasteiger partial charge is 0.265 e. The van der Waals surface area contributed by atoms with Crippen LogP contribution in [0.5, 0.6) is 0 Å². The molecule has 0 spiro atoms. The number of hydrogen-bond donors (Lipinski definition) is 1. The number of amides is 1. The second-order valence-electron chi connectivity index (χ2n) is 5.42. The van der Waals surface area contributed by atoms with E-state index in [9.17, 15) is 13.2 Å². The summed E-state index contributed by atoms with van der Waals surface area (Å²) in [6.07, 6.45) is 1.11. The zero-order valence-electron chi connectivity index (χ0n) is 13.4. The summed E-state index contributed by atoms with van der Waals surface area (Å²) in [5.74, 6) is -0.584. The van der Waals surface area contributed by atoms with Gasteiger partial charge in [-0.05, 0) is 25.1 Å². The summed E-state index contributed by atoms with van der Waals surface area (Å²) in [5.41, 5.74) is 6.43. The Bertz CT molecular complexity index is 1020. The van der Waals surface area contributed by atoms with Crippen molar-refractivity contribution in [3.05, 3.63) is 48.3 Å². The minimum Gasteiger partial charge on any atom is -0.370 e. The molecule has 9 heteroatoms. The van der Waals surface area contributed by atoms with Crippen LogP contribution >= 0.6 is 0 Å². The van der Waals surface area contributed by atoms with Crippen LogP contribution in [0.25, 0.3) is 11.1 Å². The molecule has 0 bridgehead atoms. The van der Waals surface area contributed by atoms with Crippen molar-refractivity contribution in [2.45, 2.75) is 18.2 Å². The molecule has 3 aromatic rings. The number of fused-ring (bicyclic) bond motifs is 1. The third-order valence-electron chi connectivity index (χ3n) is 3.68. The lowest BCUT2D eigenvalue weighted by atomic mass is 10.3. The number of pyridine rings is 1. The zero-order valence-corrected chi connectivity index (χ0v) is 14.2. The number of nitrogens with zero attached hydrogens (tertiary/aromatic N) is 3. The fraction of sp³-hybridized carbons (Fsp3) is 0.188. The van der Waals surface area contributed by atoms with E-state index in [4.69, 9.17) is 10.3 Å². The van der Waals surface area contributed by atoms with Gasteiger partial charge in [0, 0.05) is 13.0 Å². The lowest BCUT2D eigenvalue weighted by Gasteiger charge is -2.23. The van der Waals surface area contributed by atoms with Crippen LogP contribution in [0.1, 0.15) is 12.1 Å². The molecule has 25 heavy (non-hydrogen) atoms. The van der Waals surface area contributed by atoms with Gasteiger partial charge in [0.05, 0.1) is 23.0 Å². The molecule has 2 aromatic heterocycles. The van der Waals surface area contributed by atoms with Gasteiger partial charge in [-0.1, -0.05) is 23.4 Å². The number of benzene rings is 1. The Morgan fingerprint density at radius 1 is 1.28 bits per heavy atom. The second kappa shape index (κ2) is 6.52. The maximum atomic E-state index is 13.1. The van der Waals surface area contributed by atoms with Gasteiger partial charge >= 0.3 is 0 Å². The molecule has 2 N–H and O–H groups in total. The Balaban J connectivity index is 2.08. The number of carbonyl (C=O) groups is 1. The first kappa shape index (κ1) is 16.9. The van der Waals surface area contributed by atoms with E-state index in [1.54, 1.807) is 37.3 Å². The number of rotatable bonds is 6. The average Bonchev–Trinajstić information content (AvgIpc) is 2.96. The zero-order chi connectivity index (χ0) is 18.0. The molecule has 3 rings (SSSR count). The molecule has 0 fully saturated rings. The second-order valence-corrected chi connectivity index (χ2v) is 7.28. The van der Waals surface area contributed by atoms with Gasteiger partial charge in [0.2, 0.25) is 5.91 Å². The maximum absolute atomic E-state index is 13.1. The van der Waals surface area contributed by atoms with Crippen LogP contribution in [0.2, 0.25) is 0 Å². The minimum atomic E-state index is -3.94. The highest BCUT2D eigenvalue weighted by atomic mass is 32.2. The molecular weight excluding hydrogens is 344 g/mol. The Morgan fingerprint density at radius 2 is 2.00 bits per heavy atom. The highest BCUT2D eigenvalue weighted by Gasteiger charge is 2.26. The molecular formula is C16H16N4O4S. The van der Waals surface area contributed by atoms with E-state index in [1.165, 1.54) is 12.3 Å².